The summed E-state index contributed by atoms with van der Waals surface area (Å²) in [6.07, 6.45) is 1.57. The van der Waals surface area contributed by atoms with Gasteiger partial charge in [-0.2, -0.15) is 4.98 Å². The van der Waals surface area contributed by atoms with Crippen LogP contribution in [0, 0.1) is 6.92 Å². The van der Waals surface area contributed by atoms with E-state index in [1.54, 1.807) is 24.3 Å². The smallest absolute Gasteiger partial charge is 0.341 e. The molecule has 6 nitrogen and oxygen atoms in total. The first-order chi connectivity index (χ1) is 12.6. The van der Waals surface area contributed by atoms with Gasteiger partial charge in [-0.05, 0) is 61.0 Å². The minimum absolute atomic E-state index is 0.110. The lowest BCUT2D eigenvalue weighted by Crippen LogP contribution is -2.11. The maximum Gasteiger partial charge on any atom is 0.341 e. The lowest BCUT2D eigenvalue weighted by atomic mass is 10.2. The van der Waals surface area contributed by atoms with Crippen molar-refractivity contribution < 1.29 is 9.53 Å². The molecule has 0 aliphatic rings. The van der Waals surface area contributed by atoms with E-state index in [2.05, 4.69) is 20.5 Å². The Morgan fingerprint density at radius 3 is 2.42 bits per heavy atom. The predicted octanol–water partition coefficient (Wildman–Crippen LogP) is 4.41. The van der Waals surface area contributed by atoms with Gasteiger partial charge >= 0.3 is 6.01 Å². The molecule has 0 unspecified atom stereocenters. The highest BCUT2D eigenvalue weighted by atomic mass is 32.1. The second-order valence-corrected chi connectivity index (χ2v) is 6.62. The predicted molar refractivity (Wildman–Crippen MR) is 102 cm³/mol. The van der Waals surface area contributed by atoms with Crippen LogP contribution in [0.2, 0.25) is 0 Å². The SMILES string of the molecule is CCc1nnc(Oc2ccc(NC(=O)c3sccc3C)cc2)nc1CC. The zero-order valence-electron chi connectivity index (χ0n) is 14.9. The number of rotatable bonds is 6. The van der Waals surface area contributed by atoms with Gasteiger partial charge in [-0.15, -0.1) is 16.4 Å². The maximum absolute atomic E-state index is 12.2. The van der Waals surface area contributed by atoms with Crippen molar-refractivity contribution in [2.24, 2.45) is 0 Å². The Kier molecular flexibility index (Phi) is 5.58. The monoisotopic (exact) mass is 368 g/mol. The van der Waals surface area contributed by atoms with Gasteiger partial charge in [-0.3, -0.25) is 4.79 Å². The van der Waals surface area contributed by atoms with E-state index in [-0.39, 0.29) is 11.9 Å². The molecular weight excluding hydrogens is 348 g/mol. The summed E-state index contributed by atoms with van der Waals surface area (Å²) in [4.78, 5) is 17.4. The molecular formula is C19H20N4O2S. The van der Waals surface area contributed by atoms with Crippen molar-refractivity contribution in [3.05, 3.63) is 57.5 Å². The standard InChI is InChI=1S/C19H20N4O2S/c1-4-15-16(5-2)22-23-19(21-15)25-14-8-6-13(7-9-14)20-18(24)17-12(3)10-11-26-17/h6-11H,4-5H2,1-3H3,(H,20,24). The van der Waals surface area contributed by atoms with E-state index in [1.165, 1.54) is 11.3 Å². The molecule has 0 saturated heterocycles. The van der Waals surface area contributed by atoms with E-state index in [0.717, 1.165) is 29.8 Å². The lowest BCUT2D eigenvalue weighted by Gasteiger charge is -2.08. The molecule has 134 valence electrons. The Morgan fingerprint density at radius 2 is 1.81 bits per heavy atom. The first-order valence-corrected chi connectivity index (χ1v) is 9.34. The first kappa shape index (κ1) is 18.0. The Hall–Kier alpha value is -2.80. The van der Waals surface area contributed by atoms with E-state index in [1.807, 2.05) is 32.2 Å². The summed E-state index contributed by atoms with van der Waals surface area (Å²) in [7, 11) is 0. The van der Waals surface area contributed by atoms with E-state index in [4.69, 9.17) is 4.74 Å². The molecule has 3 rings (SSSR count). The average Bonchev–Trinajstić information content (AvgIpc) is 3.09. The molecule has 0 aliphatic heterocycles. The summed E-state index contributed by atoms with van der Waals surface area (Å²) in [5, 5.41) is 13.0. The number of amides is 1. The van der Waals surface area contributed by atoms with Gasteiger partial charge in [0.1, 0.15) is 5.75 Å². The summed E-state index contributed by atoms with van der Waals surface area (Å²) in [5.41, 5.74) is 3.46. The minimum Gasteiger partial charge on any atom is -0.423 e. The number of carbonyl (C=O) groups excluding carboxylic acids is 1. The van der Waals surface area contributed by atoms with Crippen LogP contribution in [0.1, 0.15) is 40.5 Å². The average molecular weight is 368 g/mol. The van der Waals surface area contributed by atoms with Gasteiger partial charge in [-0.1, -0.05) is 18.9 Å². The number of ether oxygens (including phenoxy) is 1. The zero-order chi connectivity index (χ0) is 18.5. The van der Waals surface area contributed by atoms with Crippen molar-refractivity contribution in [3.8, 4) is 11.8 Å². The molecule has 3 aromatic rings. The largest absolute Gasteiger partial charge is 0.423 e. The van der Waals surface area contributed by atoms with Crippen LogP contribution in [-0.4, -0.2) is 21.1 Å². The van der Waals surface area contributed by atoms with Gasteiger partial charge in [0.2, 0.25) is 0 Å². The fraction of sp³-hybridized carbons (Fsp3) is 0.263. The molecule has 0 aliphatic carbocycles. The van der Waals surface area contributed by atoms with Gasteiger partial charge in [0.25, 0.3) is 5.91 Å². The third-order valence-corrected chi connectivity index (χ3v) is 4.89. The summed E-state index contributed by atoms with van der Waals surface area (Å²) in [5.74, 6) is 0.477. The number of benzene rings is 1. The topological polar surface area (TPSA) is 77.0 Å². The van der Waals surface area contributed by atoms with Gasteiger partial charge in [0, 0.05) is 5.69 Å². The number of carbonyl (C=O) groups is 1. The molecule has 0 fully saturated rings. The highest BCUT2D eigenvalue weighted by Gasteiger charge is 2.11. The number of aromatic nitrogens is 3. The fourth-order valence-electron chi connectivity index (χ4n) is 2.47. The zero-order valence-corrected chi connectivity index (χ0v) is 15.8. The molecule has 2 heterocycles. The molecule has 2 aromatic heterocycles. The van der Waals surface area contributed by atoms with Crippen LogP contribution in [0.4, 0.5) is 5.69 Å². The number of thiophene rings is 1. The molecule has 0 atom stereocenters. The minimum atomic E-state index is -0.110. The quantitative estimate of drug-likeness (QED) is 0.697. The van der Waals surface area contributed by atoms with E-state index in [0.29, 0.717) is 16.3 Å². The van der Waals surface area contributed by atoms with Crippen molar-refractivity contribution in [1.82, 2.24) is 15.2 Å². The number of hydrogen-bond donors (Lipinski definition) is 1. The van der Waals surface area contributed by atoms with Crippen molar-refractivity contribution in [1.29, 1.82) is 0 Å². The molecule has 0 spiro atoms. The Bertz CT molecular complexity index is 906. The van der Waals surface area contributed by atoms with Crippen LogP contribution < -0.4 is 10.1 Å². The van der Waals surface area contributed by atoms with E-state index < -0.39 is 0 Å². The highest BCUT2D eigenvalue weighted by Crippen LogP contribution is 2.22. The van der Waals surface area contributed by atoms with Crippen LogP contribution in [-0.2, 0) is 12.8 Å². The molecule has 0 bridgehead atoms. The molecule has 1 amide bonds. The van der Waals surface area contributed by atoms with Gasteiger partial charge in [0.15, 0.2) is 0 Å². The van der Waals surface area contributed by atoms with Crippen molar-refractivity contribution in [2.45, 2.75) is 33.6 Å². The summed E-state index contributed by atoms with van der Waals surface area (Å²) in [6, 6.07) is 9.25. The van der Waals surface area contributed by atoms with Gasteiger partial charge in [0.05, 0.1) is 16.3 Å². The highest BCUT2D eigenvalue weighted by molar-refractivity contribution is 7.12. The van der Waals surface area contributed by atoms with Crippen LogP contribution in [0.25, 0.3) is 0 Å². The normalized spacial score (nSPS) is 10.6. The first-order valence-electron chi connectivity index (χ1n) is 8.46. The fourth-order valence-corrected chi connectivity index (χ4v) is 3.29. The Balaban J connectivity index is 1.68. The van der Waals surface area contributed by atoms with Crippen LogP contribution >= 0.6 is 11.3 Å². The molecule has 7 heteroatoms. The molecule has 26 heavy (non-hydrogen) atoms. The molecule has 0 saturated carbocycles. The number of nitrogens with zero attached hydrogens (tertiary/aromatic N) is 3. The molecule has 1 aromatic carbocycles. The van der Waals surface area contributed by atoms with Gasteiger partial charge in [-0.25, -0.2) is 0 Å². The summed E-state index contributed by atoms with van der Waals surface area (Å²) >= 11 is 1.43. The number of aryl methyl sites for hydroxylation is 3. The van der Waals surface area contributed by atoms with Crippen LogP contribution in [0.3, 0.4) is 0 Å². The Labute approximate surface area is 156 Å². The third kappa shape index (κ3) is 4.05. The van der Waals surface area contributed by atoms with Crippen LogP contribution in [0.15, 0.2) is 35.7 Å². The Morgan fingerprint density at radius 1 is 1.08 bits per heavy atom. The number of nitrogens with one attached hydrogen (secondary N) is 1. The summed E-state index contributed by atoms with van der Waals surface area (Å²) in [6.45, 7) is 5.97. The van der Waals surface area contributed by atoms with Crippen molar-refractivity contribution in [2.75, 3.05) is 5.32 Å². The van der Waals surface area contributed by atoms with E-state index >= 15 is 0 Å². The van der Waals surface area contributed by atoms with Crippen molar-refractivity contribution in [3.63, 3.8) is 0 Å². The second kappa shape index (κ2) is 8.05. The van der Waals surface area contributed by atoms with E-state index in [9.17, 15) is 4.79 Å². The maximum atomic E-state index is 12.2. The molecule has 1 N–H and O–H groups in total. The number of hydrogen-bond acceptors (Lipinski definition) is 6. The molecule has 0 radical (unpaired) electrons. The van der Waals surface area contributed by atoms with Crippen LogP contribution in [0.5, 0.6) is 11.8 Å². The number of anilines is 1. The van der Waals surface area contributed by atoms with Gasteiger partial charge < -0.3 is 10.1 Å². The lowest BCUT2D eigenvalue weighted by molar-refractivity contribution is 0.103. The third-order valence-electron chi connectivity index (χ3n) is 3.88. The second-order valence-electron chi connectivity index (χ2n) is 5.71. The van der Waals surface area contributed by atoms with Crippen molar-refractivity contribution >= 4 is 22.9 Å². The summed E-state index contributed by atoms with van der Waals surface area (Å²) < 4.78 is 5.68.